The summed E-state index contributed by atoms with van der Waals surface area (Å²) < 4.78 is -0.967. The summed E-state index contributed by atoms with van der Waals surface area (Å²) in [5.41, 5.74) is 1.71. The Morgan fingerprint density at radius 2 is 2.00 bits per heavy atom. The molecule has 0 radical (unpaired) electrons. The predicted molar refractivity (Wildman–Crippen MR) is 62.4 cm³/mol. The fourth-order valence-electron chi connectivity index (χ4n) is 1.63. The van der Waals surface area contributed by atoms with Gasteiger partial charge in [-0.1, -0.05) is 58.7 Å². The van der Waals surface area contributed by atoms with E-state index in [-0.39, 0.29) is 5.92 Å². The van der Waals surface area contributed by atoms with E-state index in [0.717, 1.165) is 11.3 Å². The van der Waals surface area contributed by atoms with Gasteiger partial charge in [-0.15, -0.1) is 0 Å². The molecule has 1 heterocycles. The van der Waals surface area contributed by atoms with Gasteiger partial charge in [0, 0.05) is 0 Å². The minimum absolute atomic E-state index is 0.0803. The lowest BCUT2D eigenvalue weighted by molar-refractivity contribution is 0.151. The standard InChI is InChI=1S/C11H11Cl2NO/c1-8-10(7-15-14-8)11(12,13)9-5-3-2-4-6-9/h2-6,10H,7H2,1H3. The Kier molecular flexibility index (Phi) is 2.89. The van der Waals surface area contributed by atoms with Gasteiger partial charge in [0.15, 0.2) is 4.33 Å². The molecule has 0 aliphatic carbocycles. The zero-order valence-corrected chi connectivity index (χ0v) is 9.79. The van der Waals surface area contributed by atoms with Crippen molar-refractivity contribution in [2.24, 2.45) is 11.1 Å². The van der Waals surface area contributed by atoms with Crippen molar-refractivity contribution in [3.05, 3.63) is 35.9 Å². The second-order valence-corrected chi connectivity index (χ2v) is 4.96. The molecule has 15 heavy (non-hydrogen) atoms. The van der Waals surface area contributed by atoms with E-state index in [0.29, 0.717) is 6.61 Å². The molecule has 1 aliphatic heterocycles. The molecule has 0 saturated carbocycles. The maximum atomic E-state index is 6.37. The largest absolute Gasteiger partial charge is 0.395 e. The average molecular weight is 244 g/mol. The van der Waals surface area contributed by atoms with Crippen LogP contribution >= 0.6 is 23.2 Å². The van der Waals surface area contributed by atoms with Crippen molar-refractivity contribution < 1.29 is 4.84 Å². The first-order chi connectivity index (χ1) is 7.12. The van der Waals surface area contributed by atoms with Gasteiger partial charge in [0.05, 0.1) is 11.6 Å². The van der Waals surface area contributed by atoms with E-state index >= 15 is 0 Å². The van der Waals surface area contributed by atoms with Gasteiger partial charge >= 0.3 is 0 Å². The molecule has 4 heteroatoms. The predicted octanol–water partition coefficient (Wildman–Crippen LogP) is 3.34. The van der Waals surface area contributed by atoms with Crippen molar-refractivity contribution in [2.75, 3.05) is 6.61 Å². The van der Waals surface area contributed by atoms with E-state index in [1.54, 1.807) is 0 Å². The third kappa shape index (κ3) is 1.97. The second kappa shape index (κ2) is 4.03. The van der Waals surface area contributed by atoms with Gasteiger partial charge in [-0.3, -0.25) is 0 Å². The monoisotopic (exact) mass is 243 g/mol. The maximum absolute atomic E-state index is 6.37. The van der Waals surface area contributed by atoms with Gasteiger partial charge in [0.25, 0.3) is 0 Å². The molecule has 0 aromatic heterocycles. The highest BCUT2D eigenvalue weighted by molar-refractivity contribution is 6.49. The Bertz CT molecular complexity index is 375. The highest BCUT2D eigenvalue weighted by Gasteiger charge is 2.41. The molecule has 1 aromatic carbocycles. The van der Waals surface area contributed by atoms with Gasteiger partial charge in [0.2, 0.25) is 0 Å². The molecule has 0 fully saturated rings. The second-order valence-electron chi connectivity index (χ2n) is 3.57. The zero-order chi connectivity index (χ0) is 10.9. The Morgan fingerprint density at radius 1 is 1.33 bits per heavy atom. The maximum Gasteiger partial charge on any atom is 0.154 e. The van der Waals surface area contributed by atoms with E-state index in [9.17, 15) is 0 Å². The lowest BCUT2D eigenvalue weighted by atomic mass is 9.95. The van der Waals surface area contributed by atoms with E-state index < -0.39 is 4.33 Å². The van der Waals surface area contributed by atoms with Crippen LogP contribution in [-0.2, 0) is 9.17 Å². The fraction of sp³-hybridized carbons (Fsp3) is 0.364. The number of halogens is 2. The molecule has 2 nitrogen and oxygen atoms in total. The first-order valence-electron chi connectivity index (χ1n) is 4.72. The van der Waals surface area contributed by atoms with Crippen LogP contribution < -0.4 is 0 Å². The van der Waals surface area contributed by atoms with Crippen molar-refractivity contribution in [1.82, 2.24) is 0 Å². The minimum Gasteiger partial charge on any atom is -0.395 e. The number of alkyl halides is 2. The zero-order valence-electron chi connectivity index (χ0n) is 8.28. The van der Waals surface area contributed by atoms with E-state index in [1.807, 2.05) is 37.3 Å². The van der Waals surface area contributed by atoms with Gasteiger partial charge < -0.3 is 4.84 Å². The van der Waals surface area contributed by atoms with Crippen molar-refractivity contribution >= 4 is 28.9 Å². The smallest absolute Gasteiger partial charge is 0.154 e. The van der Waals surface area contributed by atoms with E-state index in [2.05, 4.69) is 5.16 Å². The molecule has 0 saturated heterocycles. The minimum atomic E-state index is -0.967. The molecule has 0 spiro atoms. The molecule has 0 amide bonds. The number of hydrogen-bond donors (Lipinski definition) is 0. The highest BCUT2D eigenvalue weighted by atomic mass is 35.5. The Labute approximate surface area is 98.8 Å². The molecule has 2 rings (SSSR count). The van der Waals surface area contributed by atoms with Crippen LogP contribution in [0.25, 0.3) is 0 Å². The molecule has 1 aliphatic rings. The topological polar surface area (TPSA) is 21.6 Å². The van der Waals surface area contributed by atoms with Gasteiger partial charge in [0.1, 0.15) is 6.61 Å². The fourth-order valence-corrected chi connectivity index (χ4v) is 2.32. The summed E-state index contributed by atoms with van der Waals surface area (Å²) in [6, 6.07) is 9.57. The summed E-state index contributed by atoms with van der Waals surface area (Å²) in [6.45, 7) is 2.31. The van der Waals surface area contributed by atoms with Crippen LogP contribution in [0.15, 0.2) is 35.5 Å². The SMILES string of the molecule is CC1=NOCC1C(Cl)(Cl)c1ccccc1. The lowest BCUT2D eigenvalue weighted by Gasteiger charge is -2.25. The van der Waals surface area contributed by atoms with Crippen LogP contribution in [0.5, 0.6) is 0 Å². The summed E-state index contributed by atoms with van der Waals surface area (Å²) in [5.74, 6) is -0.0803. The summed E-state index contributed by atoms with van der Waals surface area (Å²) in [7, 11) is 0. The molecule has 80 valence electrons. The number of nitrogens with zero attached hydrogens (tertiary/aromatic N) is 1. The molecular weight excluding hydrogens is 233 g/mol. The first kappa shape index (κ1) is 10.8. The average Bonchev–Trinajstić information content (AvgIpc) is 2.66. The van der Waals surface area contributed by atoms with Crippen molar-refractivity contribution in [1.29, 1.82) is 0 Å². The van der Waals surface area contributed by atoms with Crippen molar-refractivity contribution in [3.8, 4) is 0 Å². The van der Waals surface area contributed by atoms with Crippen molar-refractivity contribution in [2.45, 2.75) is 11.3 Å². The Morgan fingerprint density at radius 3 is 2.53 bits per heavy atom. The summed E-state index contributed by atoms with van der Waals surface area (Å²) in [5, 5.41) is 3.86. The molecule has 1 unspecified atom stereocenters. The molecule has 0 bridgehead atoms. The van der Waals surface area contributed by atoms with E-state index in [4.69, 9.17) is 28.0 Å². The van der Waals surface area contributed by atoms with Crippen LogP contribution in [0.3, 0.4) is 0 Å². The summed E-state index contributed by atoms with van der Waals surface area (Å²) >= 11 is 12.7. The summed E-state index contributed by atoms with van der Waals surface area (Å²) in [6.07, 6.45) is 0. The quantitative estimate of drug-likeness (QED) is 0.731. The van der Waals surface area contributed by atoms with Gasteiger partial charge in [-0.25, -0.2) is 0 Å². The van der Waals surface area contributed by atoms with E-state index in [1.165, 1.54) is 0 Å². The molecular formula is C11H11Cl2NO. The normalized spacial score (nSPS) is 21.0. The van der Waals surface area contributed by atoms with Gasteiger partial charge in [-0.2, -0.15) is 0 Å². The number of hydrogen-bond acceptors (Lipinski definition) is 2. The van der Waals surface area contributed by atoms with Crippen molar-refractivity contribution in [3.63, 3.8) is 0 Å². The first-order valence-corrected chi connectivity index (χ1v) is 5.48. The van der Waals surface area contributed by atoms with Crippen LogP contribution in [0.1, 0.15) is 12.5 Å². The number of benzene rings is 1. The van der Waals surface area contributed by atoms with Gasteiger partial charge in [-0.05, 0) is 12.5 Å². The summed E-state index contributed by atoms with van der Waals surface area (Å²) in [4.78, 5) is 5.00. The van der Waals surface area contributed by atoms with Crippen LogP contribution in [-0.4, -0.2) is 12.3 Å². The molecule has 0 N–H and O–H groups in total. The third-order valence-corrected chi connectivity index (χ3v) is 3.51. The van der Waals surface area contributed by atoms with Crippen LogP contribution in [0.4, 0.5) is 0 Å². The molecule has 1 aromatic rings. The third-order valence-electron chi connectivity index (χ3n) is 2.55. The van der Waals surface area contributed by atoms with Crippen LogP contribution in [0.2, 0.25) is 0 Å². The molecule has 1 atom stereocenters. The highest BCUT2D eigenvalue weighted by Crippen LogP contribution is 2.43. The Balaban J connectivity index is 2.31. The Hall–Kier alpha value is -0.730. The number of rotatable bonds is 2. The lowest BCUT2D eigenvalue weighted by Crippen LogP contribution is -2.29. The number of oxime groups is 1. The van der Waals surface area contributed by atoms with Crippen LogP contribution in [0, 0.1) is 5.92 Å².